The van der Waals surface area contributed by atoms with Crippen LogP contribution in [-0.2, 0) is 13.2 Å². The Labute approximate surface area is 132 Å². The third kappa shape index (κ3) is 3.69. The first-order valence-corrected chi connectivity index (χ1v) is 6.83. The number of rotatable bonds is 6. The zero-order valence-corrected chi connectivity index (χ0v) is 12.6. The molecule has 2 aromatic rings. The van der Waals surface area contributed by atoms with Crippen molar-refractivity contribution in [2.75, 3.05) is 7.11 Å². The summed E-state index contributed by atoms with van der Waals surface area (Å²) in [6.45, 7) is 0.0446. The molecule has 0 radical (unpaired) electrons. The van der Waals surface area contributed by atoms with Crippen LogP contribution in [0.4, 0.5) is 0 Å². The molecule has 116 valence electrons. The predicted octanol–water partition coefficient (Wildman–Crippen LogP) is 1.78. The van der Waals surface area contributed by atoms with E-state index in [4.69, 9.17) is 26.2 Å². The zero-order valence-electron chi connectivity index (χ0n) is 11.8. The molecule has 0 bridgehead atoms. The molecule has 0 spiro atoms. The van der Waals surface area contributed by atoms with Crippen LogP contribution < -0.4 is 14.6 Å². The fraction of sp³-hybridized carbons (Fsp3) is 0.188. The lowest BCUT2D eigenvalue weighted by molar-refractivity contribution is -0.255. The largest absolute Gasteiger partial charge is 0.545 e. The van der Waals surface area contributed by atoms with Gasteiger partial charge in [0.05, 0.1) is 24.7 Å². The van der Waals surface area contributed by atoms with E-state index in [1.807, 2.05) is 0 Å². The van der Waals surface area contributed by atoms with E-state index in [9.17, 15) is 9.90 Å². The van der Waals surface area contributed by atoms with Crippen molar-refractivity contribution in [3.05, 3.63) is 58.1 Å². The highest BCUT2D eigenvalue weighted by atomic mass is 35.5. The van der Waals surface area contributed by atoms with Crippen LogP contribution in [0.1, 0.15) is 21.5 Å². The lowest BCUT2D eigenvalue weighted by atomic mass is 10.1. The molecule has 0 fully saturated rings. The molecule has 0 heterocycles. The number of carboxylic acids is 1. The second-order valence-corrected chi connectivity index (χ2v) is 4.95. The van der Waals surface area contributed by atoms with E-state index in [0.717, 1.165) is 5.56 Å². The highest BCUT2D eigenvalue weighted by Gasteiger charge is 2.12. The van der Waals surface area contributed by atoms with E-state index >= 15 is 0 Å². The Morgan fingerprint density at radius 1 is 1.23 bits per heavy atom. The normalized spacial score (nSPS) is 10.3. The summed E-state index contributed by atoms with van der Waals surface area (Å²) in [5.74, 6) is -0.440. The van der Waals surface area contributed by atoms with Gasteiger partial charge in [0, 0.05) is 0 Å². The highest BCUT2D eigenvalue weighted by molar-refractivity contribution is 6.32. The molecule has 2 rings (SSSR count). The Morgan fingerprint density at radius 2 is 1.91 bits per heavy atom. The maximum atomic E-state index is 10.7. The molecule has 0 saturated heterocycles. The fourth-order valence-corrected chi connectivity index (χ4v) is 2.18. The third-order valence-electron chi connectivity index (χ3n) is 3.04. The molecule has 0 saturated carbocycles. The minimum absolute atomic E-state index is 0.103. The lowest BCUT2D eigenvalue weighted by Gasteiger charge is -2.14. The molecule has 2 aromatic carbocycles. The number of hydrogen-bond acceptors (Lipinski definition) is 5. The van der Waals surface area contributed by atoms with Gasteiger partial charge in [0.1, 0.15) is 6.61 Å². The minimum Gasteiger partial charge on any atom is -0.545 e. The lowest BCUT2D eigenvalue weighted by Crippen LogP contribution is -2.22. The van der Waals surface area contributed by atoms with Crippen LogP contribution in [0.3, 0.4) is 0 Å². The highest BCUT2D eigenvalue weighted by Crippen LogP contribution is 2.36. The SMILES string of the molecule is COc1cc(CO)cc(Cl)c1OCc1ccc(C(=O)[O-])cc1. The summed E-state index contributed by atoms with van der Waals surface area (Å²) in [7, 11) is 1.48. The summed E-state index contributed by atoms with van der Waals surface area (Å²) >= 11 is 6.12. The first kappa shape index (κ1) is 16.1. The van der Waals surface area contributed by atoms with Crippen molar-refractivity contribution in [2.24, 2.45) is 0 Å². The average molecular weight is 322 g/mol. The summed E-state index contributed by atoms with van der Waals surface area (Å²) in [6.07, 6.45) is 0. The van der Waals surface area contributed by atoms with Crippen molar-refractivity contribution in [1.82, 2.24) is 0 Å². The molecule has 5 nitrogen and oxygen atoms in total. The number of hydrogen-bond donors (Lipinski definition) is 1. The van der Waals surface area contributed by atoms with Gasteiger partial charge in [-0.05, 0) is 28.8 Å². The number of carbonyl (C=O) groups excluding carboxylic acids is 1. The summed E-state index contributed by atoms with van der Waals surface area (Å²) in [4.78, 5) is 10.7. The van der Waals surface area contributed by atoms with Crippen LogP contribution in [0.15, 0.2) is 36.4 Å². The van der Waals surface area contributed by atoms with Crippen molar-refractivity contribution >= 4 is 17.6 Å². The van der Waals surface area contributed by atoms with Crippen molar-refractivity contribution in [3.63, 3.8) is 0 Å². The molecular formula is C16H14ClO5-. The van der Waals surface area contributed by atoms with Crippen LogP contribution in [0.5, 0.6) is 11.5 Å². The second-order valence-electron chi connectivity index (χ2n) is 4.54. The molecule has 0 aliphatic rings. The van der Waals surface area contributed by atoms with Crippen molar-refractivity contribution in [3.8, 4) is 11.5 Å². The van der Waals surface area contributed by atoms with Crippen molar-refractivity contribution in [1.29, 1.82) is 0 Å². The molecule has 0 aliphatic carbocycles. The van der Waals surface area contributed by atoms with E-state index in [1.54, 1.807) is 24.3 Å². The van der Waals surface area contributed by atoms with Crippen LogP contribution >= 0.6 is 11.6 Å². The molecule has 0 unspecified atom stereocenters. The first-order chi connectivity index (χ1) is 10.5. The Morgan fingerprint density at radius 3 is 2.45 bits per heavy atom. The number of aliphatic hydroxyl groups is 1. The smallest absolute Gasteiger partial charge is 0.180 e. The Hall–Kier alpha value is -2.24. The topological polar surface area (TPSA) is 78.8 Å². The molecule has 0 aliphatic heterocycles. The molecule has 6 heteroatoms. The number of benzene rings is 2. The summed E-state index contributed by atoms with van der Waals surface area (Å²) in [5, 5.41) is 20.2. The van der Waals surface area contributed by atoms with Crippen LogP contribution in [-0.4, -0.2) is 18.2 Å². The fourth-order valence-electron chi connectivity index (χ4n) is 1.90. The number of halogens is 1. The number of ether oxygens (including phenoxy) is 2. The monoisotopic (exact) mass is 321 g/mol. The van der Waals surface area contributed by atoms with Gasteiger partial charge in [-0.3, -0.25) is 0 Å². The van der Waals surface area contributed by atoms with Gasteiger partial charge in [-0.25, -0.2) is 0 Å². The van der Waals surface area contributed by atoms with Crippen LogP contribution in [0.25, 0.3) is 0 Å². The Kier molecular flexibility index (Phi) is 5.25. The molecule has 1 N–H and O–H groups in total. The number of aliphatic hydroxyl groups excluding tert-OH is 1. The molecule has 0 atom stereocenters. The minimum atomic E-state index is -1.23. The molecule has 0 amide bonds. The van der Waals surface area contributed by atoms with E-state index in [0.29, 0.717) is 22.1 Å². The maximum Gasteiger partial charge on any atom is 0.180 e. The first-order valence-electron chi connectivity index (χ1n) is 6.45. The van der Waals surface area contributed by atoms with Gasteiger partial charge in [0.2, 0.25) is 0 Å². The molecule has 22 heavy (non-hydrogen) atoms. The number of methoxy groups -OCH3 is 1. The standard InChI is InChI=1S/C16H15ClO5/c1-21-14-7-11(8-18)6-13(17)15(14)22-9-10-2-4-12(5-3-10)16(19)20/h2-7,18H,8-9H2,1H3,(H,19,20)/p-1. The van der Waals surface area contributed by atoms with Crippen molar-refractivity contribution < 1.29 is 24.5 Å². The maximum absolute atomic E-state index is 10.7. The van der Waals surface area contributed by atoms with Gasteiger partial charge in [-0.2, -0.15) is 0 Å². The summed E-state index contributed by atoms with van der Waals surface area (Å²) < 4.78 is 10.8. The summed E-state index contributed by atoms with van der Waals surface area (Å²) in [5.41, 5.74) is 1.49. The van der Waals surface area contributed by atoms with Gasteiger partial charge >= 0.3 is 0 Å². The van der Waals surface area contributed by atoms with Gasteiger partial charge in [-0.15, -0.1) is 0 Å². The number of carboxylic acid groups (broad SMARTS) is 1. The zero-order chi connectivity index (χ0) is 16.1. The quantitative estimate of drug-likeness (QED) is 0.877. The number of aromatic carboxylic acids is 1. The predicted molar refractivity (Wildman–Crippen MR) is 79.0 cm³/mol. The van der Waals surface area contributed by atoms with Gasteiger partial charge in [-0.1, -0.05) is 35.9 Å². The number of carbonyl (C=O) groups is 1. The van der Waals surface area contributed by atoms with Gasteiger partial charge in [0.15, 0.2) is 11.5 Å². The van der Waals surface area contributed by atoms with Crippen LogP contribution in [0, 0.1) is 0 Å². The third-order valence-corrected chi connectivity index (χ3v) is 3.33. The van der Waals surface area contributed by atoms with Gasteiger partial charge < -0.3 is 24.5 Å². The van der Waals surface area contributed by atoms with E-state index < -0.39 is 5.97 Å². The van der Waals surface area contributed by atoms with E-state index in [1.165, 1.54) is 19.2 Å². The molecular weight excluding hydrogens is 308 g/mol. The van der Waals surface area contributed by atoms with Crippen molar-refractivity contribution in [2.45, 2.75) is 13.2 Å². The Balaban J connectivity index is 2.15. The van der Waals surface area contributed by atoms with Gasteiger partial charge in [0.25, 0.3) is 0 Å². The molecule has 0 aromatic heterocycles. The van der Waals surface area contributed by atoms with E-state index in [2.05, 4.69) is 0 Å². The second kappa shape index (κ2) is 7.15. The Bertz CT molecular complexity index is 667. The average Bonchev–Trinajstić information content (AvgIpc) is 2.53. The van der Waals surface area contributed by atoms with Crippen LogP contribution in [0.2, 0.25) is 5.02 Å². The van der Waals surface area contributed by atoms with E-state index in [-0.39, 0.29) is 18.8 Å². The summed E-state index contributed by atoms with van der Waals surface area (Å²) in [6, 6.07) is 9.39.